The van der Waals surface area contributed by atoms with Crippen LogP contribution in [-0.2, 0) is 5.41 Å². The van der Waals surface area contributed by atoms with E-state index in [0.717, 1.165) is 39.6 Å². The normalized spacial score (nSPS) is 11.5. The Hall–Kier alpha value is -3.98. The van der Waals surface area contributed by atoms with E-state index in [2.05, 4.69) is 115 Å². The molecule has 0 spiro atoms. The average molecular weight is 430 g/mol. The molecule has 1 aromatic heterocycles. The van der Waals surface area contributed by atoms with Crippen LogP contribution in [0.25, 0.3) is 39.6 Å². The molecule has 3 heteroatoms. The summed E-state index contributed by atoms with van der Waals surface area (Å²) in [5.41, 5.74) is 6.82. The van der Waals surface area contributed by atoms with Crippen LogP contribution < -0.4 is 0 Å². The molecule has 0 amide bonds. The first-order valence-electron chi connectivity index (χ1n) is 11.3. The Morgan fingerprint density at radius 2 is 1.03 bits per heavy atom. The Balaban J connectivity index is 1.74. The van der Waals surface area contributed by atoms with Crippen molar-refractivity contribution in [2.45, 2.75) is 26.2 Å². The van der Waals surface area contributed by atoms with E-state index >= 15 is 0 Å². The van der Waals surface area contributed by atoms with Gasteiger partial charge in [-0.05, 0) is 34.2 Å². The molecule has 1 heterocycles. The van der Waals surface area contributed by atoms with Gasteiger partial charge in [0.05, 0.1) is 0 Å². The number of rotatable bonds is 4. The molecule has 4 aromatic carbocycles. The highest BCUT2D eigenvalue weighted by molar-refractivity contribution is 5.82. The predicted octanol–water partition coefficient (Wildman–Crippen LogP) is 7.57. The molecule has 0 aliphatic heterocycles. The molecule has 0 N–H and O–H groups in total. The highest BCUT2D eigenvalue weighted by atomic mass is 15.3. The lowest BCUT2D eigenvalue weighted by molar-refractivity contribution is 0.590. The van der Waals surface area contributed by atoms with Crippen molar-refractivity contribution in [2.24, 2.45) is 0 Å². The fourth-order valence-corrected chi connectivity index (χ4v) is 4.14. The van der Waals surface area contributed by atoms with Crippen LogP contribution in [-0.4, -0.2) is 14.8 Å². The Bertz CT molecular complexity index is 1360. The second-order valence-corrected chi connectivity index (χ2v) is 9.26. The first-order valence-corrected chi connectivity index (χ1v) is 11.3. The van der Waals surface area contributed by atoms with Crippen LogP contribution >= 0.6 is 0 Å². The molecule has 5 rings (SSSR count). The van der Waals surface area contributed by atoms with Gasteiger partial charge in [0, 0.05) is 16.8 Å². The maximum absolute atomic E-state index is 4.71. The third-order valence-corrected chi connectivity index (χ3v) is 5.94. The first-order chi connectivity index (χ1) is 16.0. The van der Waals surface area contributed by atoms with Crippen molar-refractivity contribution in [2.75, 3.05) is 0 Å². The summed E-state index contributed by atoms with van der Waals surface area (Å²) in [6.45, 7) is 6.70. The smallest absolute Gasteiger partial charge is 0.169 e. The lowest BCUT2D eigenvalue weighted by Crippen LogP contribution is -2.11. The molecule has 0 atom stereocenters. The van der Waals surface area contributed by atoms with Crippen LogP contribution in [0.2, 0.25) is 0 Å². The molecular formula is C30H27N3. The third kappa shape index (κ3) is 4.10. The number of hydrogen-bond acceptors (Lipinski definition) is 2. The zero-order valence-corrected chi connectivity index (χ0v) is 19.2. The maximum Gasteiger partial charge on any atom is 0.169 e. The summed E-state index contributed by atoms with van der Waals surface area (Å²) in [4.78, 5) is 0. The Labute approximate surface area is 195 Å². The largest absolute Gasteiger partial charge is 0.275 e. The third-order valence-electron chi connectivity index (χ3n) is 5.94. The Kier molecular flexibility index (Phi) is 5.39. The summed E-state index contributed by atoms with van der Waals surface area (Å²) in [5.74, 6) is 1.66. The van der Waals surface area contributed by atoms with Gasteiger partial charge in [0.15, 0.2) is 11.6 Å². The number of nitrogens with zero attached hydrogens (tertiary/aromatic N) is 3. The summed E-state index contributed by atoms with van der Waals surface area (Å²) < 4.78 is 2.17. The van der Waals surface area contributed by atoms with Gasteiger partial charge in [0.25, 0.3) is 0 Å². The summed E-state index contributed by atoms with van der Waals surface area (Å²) in [6.07, 6.45) is 0. The second kappa shape index (κ2) is 8.51. The Morgan fingerprint density at radius 3 is 1.64 bits per heavy atom. The zero-order chi connectivity index (χ0) is 22.8. The molecule has 0 fully saturated rings. The summed E-state index contributed by atoms with van der Waals surface area (Å²) in [5, 5.41) is 9.37. The lowest BCUT2D eigenvalue weighted by atomic mass is 9.87. The molecule has 33 heavy (non-hydrogen) atoms. The van der Waals surface area contributed by atoms with Crippen LogP contribution in [0.3, 0.4) is 0 Å². The molecule has 0 unspecified atom stereocenters. The second-order valence-electron chi connectivity index (χ2n) is 9.26. The van der Waals surface area contributed by atoms with Gasteiger partial charge in [-0.25, -0.2) is 0 Å². The minimum Gasteiger partial charge on any atom is -0.275 e. The Morgan fingerprint density at radius 1 is 0.515 bits per heavy atom. The SMILES string of the molecule is CC(C)(C)c1ccc(-n2c(-c3ccccc3)nnc2-c2ccccc2-c2ccccc2)cc1. The molecule has 0 bridgehead atoms. The monoisotopic (exact) mass is 429 g/mol. The van der Waals surface area contributed by atoms with Gasteiger partial charge in [0.2, 0.25) is 0 Å². The van der Waals surface area contributed by atoms with E-state index in [-0.39, 0.29) is 5.41 Å². The van der Waals surface area contributed by atoms with Crippen molar-refractivity contribution in [3.05, 3.63) is 115 Å². The average Bonchev–Trinajstić information content (AvgIpc) is 3.30. The van der Waals surface area contributed by atoms with Crippen LogP contribution in [0.4, 0.5) is 0 Å². The van der Waals surface area contributed by atoms with Gasteiger partial charge in [-0.1, -0.05) is 118 Å². The van der Waals surface area contributed by atoms with E-state index < -0.39 is 0 Å². The summed E-state index contributed by atoms with van der Waals surface area (Å²) >= 11 is 0. The predicted molar refractivity (Wildman–Crippen MR) is 136 cm³/mol. The van der Waals surface area contributed by atoms with Crippen molar-refractivity contribution < 1.29 is 0 Å². The van der Waals surface area contributed by atoms with Crippen molar-refractivity contribution in [1.82, 2.24) is 14.8 Å². The van der Waals surface area contributed by atoms with Crippen molar-refractivity contribution in [3.63, 3.8) is 0 Å². The molecule has 0 saturated heterocycles. The minimum atomic E-state index is 0.0940. The maximum atomic E-state index is 4.71. The number of aromatic nitrogens is 3. The fourth-order valence-electron chi connectivity index (χ4n) is 4.14. The highest BCUT2D eigenvalue weighted by Crippen LogP contribution is 2.35. The van der Waals surface area contributed by atoms with Crippen molar-refractivity contribution in [3.8, 4) is 39.6 Å². The minimum absolute atomic E-state index is 0.0940. The molecule has 0 saturated carbocycles. The van der Waals surface area contributed by atoms with Crippen molar-refractivity contribution >= 4 is 0 Å². The quantitative estimate of drug-likeness (QED) is 0.295. The zero-order valence-electron chi connectivity index (χ0n) is 19.2. The van der Waals surface area contributed by atoms with Gasteiger partial charge >= 0.3 is 0 Å². The van der Waals surface area contributed by atoms with E-state index in [1.54, 1.807) is 0 Å². The van der Waals surface area contributed by atoms with Crippen LogP contribution in [0.5, 0.6) is 0 Å². The van der Waals surface area contributed by atoms with E-state index in [1.807, 2.05) is 24.3 Å². The lowest BCUT2D eigenvalue weighted by Gasteiger charge is -2.20. The molecule has 3 nitrogen and oxygen atoms in total. The van der Waals surface area contributed by atoms with E-state index in [9.17, 15) is 0 Å². The topological polar surface area (TPSA) is 30.7 Å². The number of hydrogen-bond donors (Lipinski definition) is 0. The van der Waals surface area contributed by atoms with Gasteiger partial charge < -0.3 is 0 Å². The van der Waals surface area contributed by atoms with Crippen molar-refractivity contribution in [1.29, 1.82) is 0 Å². The summed E-state index contributed by atoms with van der Waals surface area (Å²) in [6, 6.07) is 37.9. The van der Waals surface area contributed by atoms with Crippen LogP contribution in [0.15, 0.2) is 109 Å². The van der Waals surface area contributed by atoms with E-state index in [0.29, 0.717) is 0 Å². The highest BCUT2D eigenvalue weighted by Gasteiger charge is 2.20. The van der Waals surface area contributed by atoms with Gasteiger partial charge in [-0.15, -0.1) is 10.2 Å². The first kappa shape index (κ1) is 20.9. The fraction of sp³-hybridized carbons (Fsp3) is 0.133. The molecule has 5 aromatic rings. The van der Waals surface area contributed by atoms with Crippen LogP contribution in [0, 0.1) is 0 Å². The van der Waals surface area contributed by atoms with Gasteiger partial charge in [-0.3, -0.25) is 4.57 Å². The van der Waals surface area contributed by atoms with E-state index in [1.165, 1.54) is 5.56 Å². The molecule has 0 aliphatic rings. The van der Waals surface area contributed by atoms with Gasteiger partial charge in [0.1, 0.15) is 0 Å². The molecule has 0 radical (unpaired) electrons. The van der Waals surface area contributed by atoms with E-state index in [4.69, 9.17) is 5.10 Å². The van der Waals surface area contributed by atoms with Gasteiger partial charge in [-0.2, -0.15) is 0 Å². The molecule has 0 aliphatic carbocycles. The summed E-state index contributed by atoms with van der Waals surface area (Å²) in [7, 11) is 0. The standard InChI is InChI=1S/C30H27N3/c1-30(2,3)24-18-20-25(21-19-24)33-28(23-14-8-5-9-15-23)31-32-29(33)27-17-11-10-16-26(27)22-12-6-4-7-13-22/h4-21H,1-3H3. The molecule has 162 valence electrons. The molecular weight excluding hydrogens is 402 g/mol. The number of benzene rings is 4. The van der Waals surface area contributed by atoms with Crippen LogP contribution in [0.1, 0.15) is 26.3 Å².